The average molecular weight is 657 g/mol. The van der Waals surface area contributed by atoms with E-state index in [1.807, 2.05) is 0 Å². The summed E-state index contributed by atoms with van der Waals surface area (Å²) in [5.74, 6) is -0.835. The van der Waals surface area contributed by atoms with Crippen molar-refractivity contribution in [1.29, 1.82) is 0 Å². The van der Waals surface area contributed by atoms with Crippen molar-refractivity contribution in [1.82, 2.24) is 0 Å². The van der Waals surface area contributed by atoms with Crippen LogP contribution in [0.15, 0.2) is 24.3 Å². The van der Waals surface area contributed by atoms with Crippen LogP contribution in [0, 0.1) is 0 Å². The first-order valence-corrected chi connectivity index (χ1v) is 17.9. The second-order valence-corrected chi connectivity index (χ2v) is 12.3. The number of esters is 2. The van der Waals surface area contributed by atoms with Gasteiger partial charge in [0.2, 0.25) is 0 Å². The molecule has 268 valence electrons. The van der Waals surface area contributed by atoms with E-state index in [-0.39, 0.29) is 26.1 Å². The summed E-state index contributed by atoms with van der Waals surface area (Å²) in [5, 5.41) is 39.7. The molecule has 6 atom stereocenters. The zero-order valence-electron chi connectivity index (χ0n) is 28.6. The molecule has 10 nitrogen and oxygen atoms in total. The Balaban J connectivity index is 2.41. The van der Waals surface area contributed by atoms with Crippen LogP contribution in [0.25, 0.3) is 0 Å². The molecule has 1 rings (SSSR count). The Bertz CT molecular complexity index is 815. The van der Waals surface area contributed by atoms with E-state index < -0.39 is 55.4 Å². The van der Waals surface area contributed by atoms with Crippen LogP contribution in [0.2, 0.25) is 0 Å². The normalized spacial score (nSPS) is 22.4. The quantitative estimate of drug-likeness (QED) is 0.0460. The average Bonchev–Trinajstić information content (AvgIpc) is 3.05. The molecule has 0 spiro atoms. The Kier molecular flexibility index (Phi) is 25.9. The van der Waals surface area contributed by atoms with Gasteiger partial charge >= 0.3 is 11.9 Å². The summed E-state index contributed by atoms with van der Waals surface area (Å²) < 4.78 is 21.9. The van der Waals surface area contributed by atoms with Crippen molar-refractivity contribution >= 4 is 11.9 Å². The number of rotatable bonds is 28. The second kappa shape index (κ2) is 28.2. The Morgan fingerprint density at radius 1 is 0.674 bits per heavy atom. The van der Waals surface area contributed by atoms with Gasteiger partial charge < -0.3 is 39.4 Å². The molecule has 0 aromatic carbocycles. The predicted octanol–water partition coefficient (Wildman–Crippen LogP) is 5.82. The second-order valence-electron chi connectivity index (χ2n) is 12.3. The highest BCUT2D eigenvalue weighted by molar-refractivity contribution is 5.70. The summed E-state index contributed by atoms with van der Waals surface area (Å²) in [6.07, 6.45) is 19.4. The molecule has 1 aliphatic rings. The molecule has 0 aromatic rings. The van der Waals surface area contributed by atoms with E-state index in [9.17, 15) is 30.0 Å². The molecule has 4 N–H and O–H groups in total. The molecule has 0 saturated carbocycles. The third kappa shape index (κ3) is 20.4. The van der Waals surface area contributed by atoms with Crippen LogP contribution < -0.4 is 0 Å². The number of unbranched alkanes of at least 4 members (excludes halogenated alkanes) is 13. The number of carbonyl (C=O) groups is 2. The maximum absolute atomic E-state index is 12.6. The van der Waals surface area contributed by atoms with E-state index in [0.717, 1.165) is 70.6 Å². The van der Waals surface area contributed by atoms with Crippen LogP contribution in [-0.4, -0.2) is 89.0 Å². The van der Waals surface area contributed by atoms with E-state index in [0.29, 0.717) is 6.42 Å². The summed E-state index contributed by atoms with van der Waals surface area (Å²) in [4.78, 5) is 24.9. The minimum atomic E-state index is -1.59. The van der Waals surface area contributed by atoms with Crippen LogP contribution >= 0.6 is 0 Å². The molecule has 10 heteroatoms. The molecule has 0 aromatic heterocycles. The van der Waals surface area contributed by atoms with Gasteiger partial charge in [-0.2, -0.15) is 0 Å². The number of hydrogen-bond donors (Lipinski definition) is 4. The maximum Gasteiger partial charge on any atom is 0.306 e. The van der Waals surface area contributed by atoms with Gasteiger partial charge in [-0.05, 0) is 44.9 Å². The fourth-order valence-corrected chi connectivity index (χ4v) is 5.16. The molecule has 0 radical (unpaired) electrons. The van der Waals surface area contributed by atoms with Crippen molar-refractivity contribution in [3.05, 3.63) is 24.3 Å². The number of aliphatic hydroxyl groups excluding tert-OH is 4. The smallest absolute Gasteiger partial charge is 0.306 e. The molecule has 0 amide bonds. The van der Waals surface area contributed by atoms with Crippen molar-refractivity contribution in [3.63, 3.8) is 0 Å². The van der Waals surface area contributed by atoms with E-state index in [4.69, 9.17) is 18.9 Å². The fourth-order valence-electron chi connectivity index (χ4n) is 5.16. The van der Waals surface area contributed by atoms with Gasteiger partial charge in [-0.25, -0.2) is 0 Å². The lowest BCUT2D eigenvalue weighted by molar-refractivity contribution is -0.305. The highest BCUT2D eigenvalue weighted by Crippen LogP contribution is 2.22. The number of ether oxygens (including phenoxy) is 4. The van der Waals surface area contributed by atoms with Crippen LogP contribution in [0.4, 0.5) is 0 Å². The molecule has 6 unspecified atom stereocenters. The van der Waals surface area contributed by atoms with Gasteiger partial charge in [-0.3, -0.25) is 9.59 Å². The Labute approximate surface area is 277 Å². The molecule has 1 heterocycles. The lowest BCUT2D eigenvalue weighted by Crippen LogP contribution is -2.59. The Morgan fingerprint density at radius 3 is 1.85 bits per heavy atom. The molecular weight excluding hydrogens is 592 g/mol. The van der Waals surface area contributed by atoms with Crippen molar-refractivity contribution in [2.45, 2.75) is 173 Å². The van der Waals surface area contributed by atoms with Crippen molar-refractivity contribution in [3.8, 4) is 0 Å². The summed E-state index contributed by atoms with van der Waals surface area (Å²) in [7, 11) is 0. The van der Waals surface area contributed by atoms with E-state index in [1.165, 1.54) is 32.1 Å². The van der Waals surface area contributed by atoms with Crippen LogP contribution in [0.1, 0.15) is 136 Å². The first-order chi connectivity index (χ1) is 22.3. The SMILES string of the molecule is CCCCC/C=C\C/C=C\CCCCCCCC(=O)OC(COC(=O)CCCCCCCC)COC1OC(CO)C(O)C(O)C1O. The van der Waals surface area contributed by atoms with E-state index in [1.54, 1.807) is 0 Å². The number of allylic oxidation sites excluding steroid dienone is 4. The summed E-state index contributed by atoms with van der Waals surface area (Å²) in [5.41, 5.74) is 0. The summed E-state index contributed by atoms with van der Waals surface area (Å²) in [6.45, 7) is 3.28. The van der Waals surface area contributed by atoms with Crippen molar-refractivity contribution in [2.75, 3.05) is 19.8 Å². The minimum absolute atomic E-state index is 0.215. The third-order valence-electron chi connectivity index (χ3n) is 8.09. The van der Waals surface area contributed by atoms with Gasteiger partial charge in [0, 0.05) is 12.8 Å². The molecule has 0 bridgehead atoms. The van der Waals surface area contributed by atoms with Gasteiger partial charge in [-0.1, -0.05) is 102 Å². The highest BCUT2D eigenvalue weighted by Gasteiger charge is 2.44. The lowest BCUT2D eigenvalue weighted by atomic mass is 9.99. The van der Waals surface area contributed by atoms with Crippen molar-refractivity contribution in [2.24, 2.45) is 0 Å². The largest absolute Gasteiger partial charge is 0.462 e. The monoisotopic (exact) mass is 656 g/mol. The zero-order valence-corrected chi connectivity index (χ0v) is 28.6. The topological polar surface area (TPSA) is 152 Å². The number of aliphatic hydroxyl groups is 4. The molecule has 0 aliphatic carbocycles. The standard InChI is InChI=1S/C36H64O10/c1-3-5-7-9-11-12-13-14-15-16-17-18-19-21-23-25-32(39)45-29(27-43-31(38)24-22-20-10-8-6-4-2)28-44-36-35(42)34(41)33(40)30(26-37)46-36/h11-12,14-15,29-30,33-37,40-42H,3-10,13,16-28H2,1-2H3/b12-11-,15-14-. The fraction of sp³-hybridized carbons (Fsp3) is 0.833. The maximum atomic E-state index is 12.6. The molecule has 1 saturated heterocycles. The van der Waals surface area contributed by atoms with E-state index in [2.05, 4.69) is 38.2 Å². The Morgan fingerprint density at radius 2 is 1.22 bits per heavy atom. The third-order valence-corrected chi connectivity index (χ3v) is 8.09. The van der Waals surface area contributed by atoms with Gasteiger partial charge in [-0.15, -0.1) is 0 Å². The zero-order chi connectivity index (χ0) is 33.8. The van der Waals surface area contributed by atoms with Crippen molar-refractivity contribution < 1.29 is 49.0 Å². The Hall–Kier alpha value is -1.82. The van der Waals surface area contributed by atoms with Crippen LogP contribution in [0.3, 0.4) is 0 Å². The molecular formula is C36H64O10. The highest BCUT2D eigenvalue weighted by atomic mass is 16.7. The lowest BCUT2D eigenvalue weighted by Gasteiger charge is -2.39. The minimum Gasteiger partial charge on any atom is -0.462 e. The van der Waals surface area contributed by atoms with Crippen LogP contribution in [0.5, 0.6) is 0 Å². The first-order valence-electron chi connectivity index (χ1n) is 17.9. The van der Waals surface area contributed by atoms with Gasteiger partial charge in [0.05, 0.1) is 13.2 Å². The molecule has 46 heavy (non-hydrogen) atoms. The first kappa shape index (κ1) is 42.2. The molecule has 1 fully saturated rings. The van der Waals surface area contributed by atoms with Crippen LogP contribution in [-0.2, 0) is 28.5 Å². The van der Waals surface area contributed by atoms with Gasteiger partial charge in [0.25, 0.3) is 0 Å². The predicted molar refractivity (Wildman–Crippen MR) is 178 cm³/mol. The van der Waals surface area contributed by atoms with Gasteiger partial charge in [0.15, 0.2) is 12.4 Å². The summed E-state index contributed by atoms with van der Waals surface area (Å²) >= 11 is 0. The number of hydrogen-bond acceptors (Lipinski definition) is 10. The molecule has 1 aliphatic heterocycles. The number of carbonyl (C=O) groups excluding carboxylic acids is 2. The van der Waals surface area contributed by atoms with Gasteiger partial charge in [0.1, 0.15) is 31.0 Å². The van der Waals surface area contributed by atoms with E-state index >= 15 is 0 Å². The summed E-state index contributed by atoms with van der Waals surface area (Å²) in [6, 6.07) is 0.